The molecule has 27 heavy (non-hydrogen) atoms. The van der Waals surface area contributed by atoms with E-state index in [1.807, 2.05) is 20.8 Å². The molecule has 0 saturated heterocycles. The minimum Gasteiger partial charge on any atom is -0.374 e. The third kappa shape index (κ3) is 8.91. The van der Waals surface area contributed by atoms with Crippen LogP contribution in [-0.2, 0) is 13.3 Å². The van der Waals surface area contributed by atoms with E-state index < -0.39 is 38.7 Å². The molecule has 0 aliphatic heterocycles. The SMILES string of the molecule is CCO[Si](CCCN([Si](C)(C)C)[Si](C)(C)C)(OCC)OC(C)(N)[Si](C)(C)C. The molecule has 1 atom stereocenters. The summed E-state index contributed by atoms with van der Waals surface area (Å²) in [5, 5.41) is -0.666. The zero-order valence-electron chi connectivity index (χ0n) is 20.3. The van der Waals surface area contributed by atoms with Crippen LogP contribution in [0.5, 0.6) is 0 Å². The molecule has 0 aromatic heterocycles. The zero-order valence-corrected chi connectivity index (χ0v) is 24.3. The summed E-state index contributed by atoms with van der Waals surface area (Å²) in [6, 6.07) is 0.831. The molecule has 0 heterocycles. The van der Waals surface area contributed by atoms with Crippen LogP contribution in [0.25, 0.3) is 0 Å². The summed E-state index contributed by atoms with van der Waals surface area (Å²) in [4.78, 5) is 0. The number of nitrogens with zero attached hydrogens (tertiary/aromatic N) is 1. The first-order chi connectivity index (χ1) is 11.9. The molecule has 1 unspecified atom stereocenters. The lowest BCUT2D eigenvalue weighted by Crippen LogP contribution is -2.66. The van der Waals surface area contributed by atoms with Gasteiger partial charge in [-0.05, 0) is 33.7 Å². The third-order valence-electron chi connectivity index (χ3n) is 5.07. The molecule has 0 fully saturated rings. The molecule has 0 aliphatic rings. The summed E-state index contributed by atoms with van der Waals surface area (Å²) < 4.78 is 21.8. The van der Waals surface area contributed by atoms with Gasteiger partial charge in [0.25, 0.3) is 0 Å². The average Bonchev–Trinajstić information content (AvgIpc) is 2.39. The second kappa shape index (κ2) is 10.1. The summed E-state index contributed by atoms with van der Waals surface area (Å²) in [5.41, 5.74) is 6.63. The first-order valence-corrected chi connectivity index (χ1v) is 22.8. The van der Waals surface area contributed by atoms with Crippen LogP contribution in [0.3, 0.4) is 0 Å². The Bertz CT molecular complexity index is 423. The second-order valence-electron chi connectivity index (χ2n) is 10.6. The highest BCUT2D eigenvalue weighted by atomic mass is 28.4. The van der Waals surface area contributed by atoms with Crippen LogP contribution in [0.1, 0.15) is 27.2 Å². The van der Waals surface area contributed by atoms with Crippen LogP contribution >= 0.6 is 0 Å². The third-order valence-corrected chi connectivity index (χ3v) is 19.2. The molecule has 0 amide bonds. The van der Waals surface area contributed by atoms with Gasteiger partial charge in [0.05, 0.1) is 13.4 Å². The molecular weight excluding hydrogens is 405 g/mol. The molecule has 0 aromatic rings. The van der Waals surface area contributed by atoms with Gasteiger partial charge in [-0.25, -0.2) is 0 Å². The van der Waals surface area contributed by atoms with Crippen molar-refractivity contribution in [1.82, 2.24) is 4.23 Å². The monoisotopic (exact) mass is 452 g/mol. The molecule has 0 aliphatic carbocycles. The first kappa shape index (κ1) is 27.7. The van der Waals surface area contributed by atoms with E-state index in [9.17, 15) is 0 Å². The van der Waals surface area contributed by atoms with Crippen LogP contribution in [0.4, 0.5) is 0 Å². The highest BCUT2D eigenvalue weighted by Crippen LogP contribution is 2.29. The number of rotatable bonds is 13. The fraction of sp³-hybridized carbons (Fsp3) is 1.00. The molecule has 5 nitrogen and oxygen atoms in total. The van der Waals surface area contributed by atoms with Gasteiger partial charge in [0.2, 0.25) is 0 Å². The Kier molecular flexibility index (Phi) is 10.4. The van der Waals surface area contributed by atoms with Crippen molar-refractivity contribution >= 4 is 33.3 Å². The van der Waals surface area contributed by atoms with Gasteiger partial charge >= 0.3 is 8.80 Å². The van der Waals surface area contributed by atoms with E-state index in [1.54, 1.807) is 0 Å². The highest BCUT2D eigenvalue weighted by molar-refractivity contribution is 6.89. The largest absolute Gasteiger partial charge is 0.502 e. The molecule has 164 valence electrons. The summed E-state index contributed by atoms with van der Waals surface area (Å²) in [5.74, 6) is 0. The van der Waals surface area contributed by atoms with Crippen LogP contribution in [0, 0.1) is 0 Å². The Morgan fingerprint density at radius 3 is 1.52 bits per heavy atom. The predicted molar refractivity (Wildman–Crippen MR) is 129 cm³/mol. The van der Waals surface area contributed by atoms with E-state index in [-0.39, 0.29) is 0 Å². The molecule has 0 bridgehead atoms. The van der Waals surface area contributed by atoms with Crippen LogP contribution in [0.15, 0.2) is 0 Å². The van der Waals surface area contributed by atoms with Crippen molar-refractivity contribution in [2.75, 3.05) is 19.8 Å². The van der Waals surface area contributed by atoms with Crippen LogP contribution < -0.4 is 5.73 Å². The Labute approximate surface area is 173 Å². The van der Waals surface area contributed by atoms with Gasteiger partial charge in [0, 0.05) is 19.3 Å². The van der Waals surface area contributed by atoms with Crippen LogP contribution in [0.2, 0.25) is 65.0 Å². The lowest BCUT2D eigenvalue weighted by Gasteiger charge is -2.45. The van der Waals surface area contributed by atoms with E-state index in [4.69, 9.17) is 19.0 Å². The Hall–Kier alpha value is 0.668. The zero-order chi connectivity index (χ0) is 21.7. The molecule has 0 aromatic carbocycles. The van der Waals surface area contributed by atoms with Crippen molar-refractivity contribution in [1.29, 1.82) is 0 Å². The van der Waals surface area contributed by atoms with Gasteiger partial charge in [-0.2, -0.15) is 0 Å². The van der Waals surface area contributed by atoms with Gasteiger partial charge < -0.3 is 23.2 Å². The van der Waals surface area contributed by atoms with E-state index in [0.717, 1.165) is 19.0 Å². The summed E-state index contributed by atoms with van der Waals surface area (Å²) in [6.45, 7) is 29.7. The Morgan fingerprint density at radius 1 is 0.815 bits per heavy atom. The standard InChI is InChI=1S/C18H48N2O3Si4/c1-13-21-27(22-14-2,23-18(3,19)24(4,5)6)17-15-16-20(25(7,8)9)26(10,11)12/h13-17,19H2,1-12H3. The minimum absolute atomic E-state index is 0.597. The molecule has 0 spiro atoms. The normalized spacial score (nSPS) is 16.7. The fourth-order valence-corrected chi connectivity index (χ4v) is 17.5. The molecule has 9 heteroatoms. The first-order valence-electron chi connectivity index (χ1n) is 10.5. The minimum atomic E-state index is -2.81. The van der Waals surface area contributed by atoms with Crippen molar-refractivity contribution < 1.29 is 13.3 Å². The van der Waals surface area contributed by atoms with Crippen molar-refractivity contribution in [3.63, 3.8) is 0 Å². The smallest absolute Gasteiger partial charge is 0.374 e. The maximum absolute atomic E-state index is 6.63. The Balaban J connectivity index is 5.44. The maximum atomic E-state index is 6.63. The van der Waals surface area contributed by atoms with Crippen LogP contribution in [-0.4, -0.2) is 62.7 Å². The van der Waals surface area contributed by atoms with E-state index in [2.05, 4.69) is 63.2 Å². The summed E-state index contributed by atoms with van der Waals surface area (Å²) >= 11 is 0. The molecule has 0 rings (SSSR count). The lowest BCUT2D eigenvalue weighted by molar-refractivity contribution is 0.0176. The highest BCUT2D eigenvalue weighted by Gasteiger charge is 2.50. The fourth-order valence-electron chi connectivity index (χ4n) is 3.34. The van der Waals surface area contributed by atoms with Crippen molar-refractivity contribution in [2.45, 2.75) is 97.5 Å². The van der Waals surface area contributed by atoms with Crippen molar-refractivity contribution in [2.24, 2.45) is 5.73 Å². The average molecular weight is 453 g/mol. The van der Waals surface area contributed by atoms with Gasteiger partial charge in [0.1, 0.15) is 16.5 Å². The molecule has 0 radical (unpaired) electrons. The number of hydrogen-bond acceptors (Lipinski definition) is 5. The number of hydrogen-bond donors (Lipinski definition) is 1. The van der Waals surface area contributed by atoms with E-state index in [0.29, 0.717) is 13.2 Å². The number of nitrogens with two attached hydrogens (primary N) is 1. The van der Waals surface area contributed by atoms with Crippen molar-refractivity contribution in [3.05, 3.63) is 0 Å². The lowest BCUT2D eigenvalue weighted by atomic mass is 10.5. The van der Waals surface area contributed by atoms with E-state index in [1.165, 1.54) is 0 Å². The Morgan fingerprint density at radius 2 is 1.22 bits per heavy atom. The van der Waals surface area contributed by atoms with Gasteiger partial charge in [0.15, 0.2) is 0 Å². The maximum Gasteiger partial charge on any atom is 0.502 e. The molecular formula is C18H48N2O3Si4. The van der Waals surface area contributed by atoms with Gasteiger partial charge in [-0.15, -0.1) is 0 Å². The summed E-state index contributed by atoms with van der Waals surface area (Å²) in [7, 11) is -7.28. The molecule has 0 saturated carbocycles. The predicted octanol–water partition coefficient (Wildman–Crippen LogP) is 4.93. The van der Waals surface area contributed by atoms with Crippen molar-refractivity contribution in [3.8, 4) is 0 Å². The molecule has 2 N–H and O–H groups in total. The summed E-state index contributed by atoms with van der Waals surface area (Å²) in [6.07, 6.45) is 1.03. The quantitative estimate of drug-likeness (QED) is 0.317. The second-order valence-corrected chi connectivity index (χ2v) is 29.0. The van der Waals surface area contributed by atoms with E-state index >= 15 is 0 Å². The topological polar surface area (TPSA) is 57.0 Å². The van der Waals surface area contributed by atoms with Gasteiger partial charge in [-0.1, -0.05) is 58.9 Å². The van der Waals surface area contributed by atoms with Gasteiger partial charge in [-0.3, -0.25) is 0 Å².